The molecule has 3 rings (SSSR count). The first-order chi connectivity index (χ1) is 15.4. The van der Waals surface area contributed by atoms with Gasteiger partial charge in [-0.3, -0.25) is 4.79 Å². The fourth-order valence-electron chi connectivity index (χ4n) is 7.48. The second-order valence-corrected chi connectivity index (χ2v) is 11.8. The molecule has 3 heteroatoms. The highest BCUT2D eigenvalue weighted by Gasteiger charge is 2.65. The number of aliphatic hydroxyl groups excluding tert-OH is 2. The lowest BCUT2D eigenvalue weighted by atomic mass is 9.43. The molecule has 3 aliphatic rings. The van der Waals surface area contributed by atoms with Crippen molar-refractivity contribution in [3.8, 4) is 0 Å². The van der Waals surface area contributed by atoms with Crippen LogP contribution in [0, 0.1) is 28.1 Å². The van der Waals surface area contributed by atoms with E-state index in [4.69, 9.17) is 0 Å². The summed E-state index contributed by atoms with van der Waals surface area (Å²) in [6.07, 6.45) is 16.1. The molecule has 0 amide bonds. The molecule has 0 bridgehead atoms. The first-order valence-corrected chi connectivity index (χ1v) is 12.6. The van der Waals surface area contributed by atoms with Crippen molar-refractivity contribution in [3.63, 3.8) is 0 Å². The Morgan fingerprint density at radius 3 is 2.27 bits per heavy atom. The van der Waals surface area contributed by atoms with Crippen molar-refractivity contribution in [1.29, 1.82) is 0 Å². The first-order valence-electron chi connectivity index (χ1n) is 12.6. The average Bonchev–Trinajstić information content (AvgIpc) is 3.02. The predicted molar refractivity (Wildman–Crippen MR) is 137 cm³/mol. The Bertz CT molecular complexity index is 928. The number of hydrogen-bond donors (Lipinski definition) is 2. The summed E-state index contributed by atoms with van der Waals surface area (Å²) in [4.78, 5) is 13.4. The van der Waals surface area contributed by atoms with E-state index >= 15 is 0 Å². The lowest BCUT2D eigenvalue weighted by molar-refractivity contribution is -0.178. The Balaban J connectivity index is 1.90. The zero-order chi connectivity index (χ0) is 24.6. The SMILES string of the molecule is CC(C)=C/C=C/C(C)=C/C=C/C(C)=C1/C(=O)C[C@H]2[C@@]3(C)CC[C@@H](O)[C@](C)(CO)[C@@H]3CC[C@]12C. The van der Waals surface area contributed by atoms with E-state index in [-0.39, 0.29) is 35.1 Å². The number of Topliss-reactive ketones (excluding diaryl/α,β-unsaturated/α-hetero) is 1. The molecular formula is C30H44O3. The molecule has 3 aliphatic carbocycles. The molecular weight excluding hydrogens is 408 g/mol. The van der Waals surface area contributed by atoms with Crippen LogP contribution in [0.1, 0.15) is 80.6 Å². The van der Waals surface area contributed by atoms with Crippen LogP contribution in [0.15, 0.2) is 58.7 Å². The maximum atomic E-state index is 13.4. The van der Waals surface area contributed by atoms with Crippen LogP contribution in [0.2, 0.25) is 0 Å². The van der Waals surface area contributed by atoms with Crippen LogP contribution in [0.4, 0.5) is 0 Å². The molecule has 182 valence electrons. The molecule has 33 heavy (non-hydrogen) atoms. The van der Waals surface area contributed by atoms with Crippen molar-refractivity contribution in [1.82, 2.24) is 0 Å². The zero-order valence-corrected chi connectivity index (χ0v) is 21.7. The van der Waals surface area contributed by atoms with Gasteiger partial charge in [0, 0.05) is 22.8 Å². The third-order valence-electron chi connectivity index (χ3n) is 9.30. The summed E-state index contributed by atoms with van der Waals surface area (Å²) in [7, 11) is 0. The minimum atomic E-state index is -0.486. The molecule has 0 saturated heterocycles. The summed E-state index contributed by atoms with van der Waals surface area (Å²) in [6.45, 7) is 15.0. The smallest absolute Gasteiger partial charge is 0.160 e. The highest BCUT2D eigenvalue weighted by Crippen LogP contribution is 2.69. The van der Waals surface area contributed by atoms with E-state index in [9.17, 15) is 15.0 Å². The van der Waals surface area contributed by atoms with Crippen LogP contribution in [0.5, 0.6) is 0 Å². The molecule has 6 atom stereocenters. The summed E-state index contributed by atoms with van der Waals surface area (Å²) < 4.78 is 0. The molecule has 0 heterocycles. The summed E-state index contributed by atoms with van der Waals surface area (Å²) in [5, 5.41) is 21.0. The third-order valence-corrected chi connectivity index (χ3v) is 9.30. The Labute approximate surface area is 201 Å². The highest BCUT2D eigenvalue weighted by atomic mass is 16.3. The lowest BCUT2D eigenvalue weighted by Crippen LogP contribution is -2.59. The number of carbonyl (C=O) groups is 1. The van der Waals surface area contributed by atoms with Gasteiger partial charge in [-0.05, 0) is 76.2 Å². The number of fused-ring (bicyclic) bond motifs is 3. The van der Waals surface area contributed by atoms with Crippen molar-refractivity contribution in [2.45, 2.75) is 86.7 Å². The van der Waals surface area contributed by atoms with Crippen molar-refractivity contribution in [3.05, 3.63) is 58.7 Å². The summed E-state index contributed by atoms with van der Waals surface area (Å²) >= 11 is 0. The number of ketones is 1. The fourth-order valence-corrected chi connectivity index (χ4v) is 7.48. The van der Waals surface area contributed by atoms with Crippen molar-refractivity contribution >= 4 is 5.78 Å². The Morgan fingerprint density at radius 2 is 1.64 bits per heavy atom. The predicted octanol–water partition coefficient (Wildman–Crippen LogP) is 6.49. The third kappa shape index (κ3) is 4.51. The molecule has 0 aliphatic heterocycles. The van der Waals surface area contributed by atoms with Crippen LogP contribution >= 0.6 is 0 Å². The van der Waals surface area contributed by atoms with E-state index < -0.39 is 11.5 Å². The normalized spacial score (nSPS) is 40.8. The topological polar surface area (TPSA) is 57.5 Å². The van der Waals surface area contributed by atoms with Gasteiger partial charge in [-0.25, -0.2) is 0 Å². The molecule has 3 saturated carbocycles. The molecule has 3 fully saturated rings. The lowest BCUT2D eigenvalue weighted by Gasteiger charge is -2.62. The van der Waals surface area contributed by atoms with Gasteiger partial charge < -0.3 is 10.2 Å². The molecule has 0 aromatic rings. The van der Waals surface area contributed by atoms with Crippen molar-refractivity contribution in [2.24, 2.45) is 28.1 Å². The van der Waals surface area contributed by atoms with Gasteiger partial charge in [0.15, 0.2) is 5.78 Å². The number of carbonyl (C=O) groups excluding carboxylic acids is 1. The quantitative estimate of drug-likeness (QED) is 0.370. The molecule has 2 N–H and O–H groups in total. The standard InChI is InChI=1S/C30H44O3/c1-20(2)10-8-11-21(3)12-9-13-22(4)27-23(32)18-25-28(5)17-15-26(33)30(7,19-31)24(28)14-16-29(25,27)6/h8-13,24-26,31,33H,14-19H2,1-7H3/b11-8+,13-9+,21-12+,27-22-/t24-,25+,26-,28+,29+,30-/m1/s1. The van der Waals surface area contributed by atoms with Crippen LogP contribution in [-0.2, 0) is 4.79 Å². The largest absolute Gasteiger partial charge is 0.396 e. The first kappa shape index (κ1) is 25.9. The molecule has 0 aromatic heterocycles. The highest BCUT2D eigenvalue weighted by molar-refractivity contribution is 6.00. The molecule has 0 radical (unpaired) electrons. The van der Waals surface area contributed by atoms with Crippen LogP contribution in [0.3, 0.4) is 0 Å². The van der Waals surface area contributed by atoms with Gasteiger partial charge >= 0.3 is 0 Å². The van der Waals surface area contributed by atoms with E-state index in [0.717, 1.165) is 30.4 Å². The van der Waals surface area contributed by atoms with E-state index in [1.54, 1.807) is 0 Å². The maximum absolute atomic E-state index is 13.4. The van der Waals surface area contributed by atoms with Gasteiger partial charge in [0.1, 0.15) is 0 Å². The van der Waals surface area contributed by atoms with Gasteiger partial charge in [0.2, 0.25) is 0 Å². The number of allylic oxidation sites excluding steroid dienone is 10. The number of aliphatic hydroxyl groups is 2. The van der Waals surface area contributed by atoms with E-state index in [1.165, 1.54) is 11.1 Å². The zero-order valence-electron chi connectivity index (χ0n) is 21.7. The van der Waals surface area contributed by atoms with Crippen molar-refractivity contribution < 1.29 is 15.0 Å². The number of rotatable bonds is 5. The fraction of sp³-hybridized carbons (Fsp3) is 0.633. The van der Waals surface area contributed by atoms with Crippen LogP contribution in [0.25, 0.3) is 0 Å². The monoisotopic (exact) mass is 452 g/mol. The van der Waals surface area contributed by atoms with Gasteiger partial charge in [0.05, 0.1) is 12.7 Å². The minimum absolute atomic E-state index is 0.00398. The van der Waals surface area contributed by atoms with Gasteiger partial charge in [0.25, 0.3) is 0 Å². The second kappa shape index (κ2) is 9.50. The van der Waals surface area contributed by atoms with Crippen LogP contribution < -0.4 is 0 Å². The summed E-state index contributed by atoms with van der Waals surface area (Å²) in [6, 6.07) is 0. The van der Waals surface area contributed by atoms with E-state index in [0.29, 0.717) is 12.8 Å². The average molecular weight is 453 g/mol. The molecule has 0 aromatic carbocycles. The van der Waals surface area contributed by atoms with E-state index in [2.05, 4.69) is 78.0 Å². The molecule has 3 nitrogen and oxygen atoms in total. The summed E-state index contributed by atoms with van der Waals surface area (Å²) in [5.41, 5.74) is 3.85. The number of hydrogen-bond acceptors (Lipinski definition) is 3. The molecule has 0 unspecified atom stereocenters. The molecule has 0 spiro atoms. The van der Waals surface area contributed by atoms with Crippen LogP contribution in [-0.4, -0.2) is 28.7 Å². The Morgan fingerprint density at radius 1 is 0.970 bits per heavy atom. The van der Waals surface area contributed by atoms with Gasteiger partial charge in [-0.1, -0.05) is 68.4 Å². The maximum Gasteiger partial charge on any atom is 0.160 e. The second-order valence-electron chi connectivity index (χ2n) is 11.8. The van der Waals surface area contributed by atoms with Gasteiger partial charge in [-0.15, -0.1) is 0 Å². The Hall–Kier alpha value is -1.71. The van der Waals surface area contributed by atoms with E-state index in [1.807, 2.05) is 6.92 Å². The van der Waals surface area contributed by atoms with Gasteiger partial charge in [-0.2, -0.15) is 0 Å². The summed E-state index contributed by atoms with van der Waals surface area (Å²) in [5.74, 6) is 0.780. The Kier molecular flexibility index (Phi) is 7.46. The van der Waals surface area contributed by atoms with Crippen molar-refractivity contribution in [2.75, 3.05) is 6.61 Å². The minimum Gasteiger partial charge on any atom is -0.396 e.